The maximum atomic E-state index is 11.9. The molecule has 1 aliphatic heterocycles. The van der Waals surface area contributed by atoms with Crippen LogP contribution in [-0.2, 0) is 16.3 Å². The summed E-state index contributed by atoms with van der Waals surface area (Å²) in [5, 5.41) is 0. The zero-order chi connectivity index (χ0) is 23.8. The maximum absolute atomic E-state index is 11.9. The van der Waals surface area contributed by atoms with E-state index in [2.05, 4.69) is 65.6 Å². The number of hydrogen-bond donors (Lipinski definition) is 0. The van der Waals surface area contributed by atoms with Gasteiger partial charge in [0, 0.05) is 12.2 Å². The fourth-order valence-electron chi connectivity index (χ4n) is 5.21. The number of sulfone groups is 1. The summed E-state index contributed by atoms with van der Waals surface area (Å²) < 4.78 is 23.7. The number of likely N-dealkylation sites (tertiary alicyclic amines) is 1. The van der Waals surface area contributed by atoms with E-state index in [0.717, 1.165) is 18.9 Å². The van der Waals surface area contributed by atoms with Crippen molar-refractivity contribution in [2.45, 2.75) is 49.3 Å². The van der Waals surface area contributed by atoms with Crippen molar-refractivity contribution in [1.82, 2.24) is 4.90 Å². The van der Waals surface area contributed by atoms with E-state index in [1.807, 2.05) is 12.1 Å². The lowest BCUT2D eigenvalue weighted by molar-refractivity contribution is 0.174. The monoisotopic (exact) mass is 475 g/mol. The van der Waals surface area contributed by atoms with E-state index in [-0.39, 0.29) is 5.92 Å². The third-order valence-electron chi connectivity index (χ3n) is 7.27. The van der Waals surface area contributed by atoms with Crippen LogP contribution in [0.3, 0.4) is 0 Å². The summed E-state index contributed by atoms with van der Waals surface area (Å²) in [7, 11) is -3.18. The molecule has 0 amide bonds. The molecule has 1 saturated heterocycles. The Morgan fingerprint density at radius 2 is 1.41 bits per heavy atom. The van der Waals surface area contributed by atoms with Crippen LogP contribution < -0.4 is 0 Å². The van der Waals surface area contributed by atoms with Crippen LogP contribution in [0.25, 0.3) is 0 Å². The third kappa shape index (κ3) is 7.04. The average Bonchev–Trinajstić information content (AvgIpc) is 2.86. The van der Waals surface area contributed by atoms with Gasteiger partial charge in [0.15, 0.2) is 9.84 Å². The second kappa shape index (κ2) is 11.8. The molecule has 0 aromatic heterocycles. The minimum atomic E-state index is -3.18. The summed E-state index contributed by atoms with van der Waals surface area (Å²) >= 11 is 0. The molecule has 1 fully saturated rings. The van der Waals surface area contributed by atoms with E-state index in [1.165, 1.54) is 68.1 Å². The molecule has 0 aliphatic carbocycles. The molecule has 0 saturated carbocycles. The Kier molecular flexibility index (Phi) is 8.58. The molecule has 180 valence electrons. The number of aryl methyl sites for hydroxylation is 1. The molecule has 0 spiro atoms. The molecule has 4 rings (SSSR count). The molecule has 1 heterocycles. The van der Waals surface area contributed by atoms with Crippen molar-refractivity contribution in [3.63, 3.8) is 0 Å². The van der Waals surface area contributed by atoms with Gasteiger partial charge < -0.3 is 4.90 Å². The lowest BCUT2D eigenvalue weighted by Gasteiger charge is -2.33. The highest BCUT2D eigenvalue weighted by Crippen LogP contribution is 2.30. The van der Waals surface area contributed by atoms with Crippen LogP contribution >= 0.6 is 0 Å². The molecule has 1 unspecified atom stereocenters. The average molecular weight is 476 g/mol. The number of hydrogen-bond acceptors (Lipinski definition) is 3. The van der Waals surface area contributed by atoms with Crippen LogP contribution in [0.4, 0.5) is 0 Å². The summed E-state index contributed by atoms with van der Waals surface area (Å²) in [5.41, 5.74) is 3.94. The van der Waals surface area contributed by atoms with Gasteiger partial charge >= 0.3 is 0 Å². The topological polar surface area (TPSA) is 37.4 Å². The largest absolute Gasteiger partial charge is 0.303 e. The summed E-state index contributed by atoms with van der Waals surface area (Å²) in [6.45, 7) is 3.44. The van der Waals surface area contributed by atoms with Crippen LogP contribution in [0.15, 0.2) is 89.8 Å². The van der Waals surface area contributed by atoms with Crippen molar-refractivity contribution < 1.29 is 8.42 Å². The lowest BCUT2D eigenvalue weighted by Crippen LogP contribution is -2.35. The molecule has 3 aromatic rings. The first kappa shape index (κ1) is 24.7. The van der Waals surface area contributed by atoms with Gasteiger partial charge in [-0.15, -0.1) is 0 Å². The number of piperidine rings is 1. The predicted molar refractivity (Wildman–Crippen MR) is 141 cm³/mol. The predicted octanol–water partition coefficient (Wildman–Crippen LogP) is 6.35. The van der Waals surface area contributed by atoms with Gasteiger partial charge in [-0.05, 0) is 86.5 Å². The summed E-state index contributed by atoms with van der Waals surface area (Å²) in [6, 6.07) is 28.9. The first-order valence-corrected chi connectivity index (χ1v) is 14.5. The summed E-state index contributed by atoms with van der Waals surface area (Å²) in [4.78, 5) is 3.01. The van der Waals surface area contributed by atoms with E-state index in [4.69, 9.17) is 0 Å². The van der Waals surface area contributed by atoms with E-state index in [0.29, 0.717) is 4.90 Å². The normalized spacial score (nSPS) is 16.4. The molecule has 1 aliphatic rings. The van der Waals surface area contributed by atoms with Gasteiger partial charge in [-0.25, -0.2) is 8.42 Å². The van der Waals surface area contributed by atoms with Crippen LogP contribution in [-0.4, -0.2) is 39.2 Å². The van der Waals surface area contributed by atoms with Gasteiger partial charge in [0.05, 0.1) is 4.90 Å². The zero-order valence-corrected chi connectivity index (χ0v) is 21.1. The van der Waals surface area contributed by atoms with Crippen molar-refractivity contribution in [3.8, 4) is 0 Å². The number of rotatable bonds is 10. The second-order valence-electron chi connectivity index (χ2n) is 9.76. The molecule has 4 heteroatoms. The van der Waals surface area contributed by atoms with E-state index < -0.39 is 9.84 Å². The Morgan fingerprint density at radius 1 is 0.824 bits per heavy atom. The fraction of sp³-hybridized carbons (Fsp3) is 0.400. The first-order chi connectivity index (χ1) is 16.5. The Hall–Kier alpha value is -2.43. The highest BCUT2D eigenvalue weighted by molar-refractivity contribution is 7.90. The maximum Gasteiger partial charge on any atom is 0.175 e. The Bertz CT molecular complexity index is 1100. The highest BCUT2D eigenvalue weighted by atomic mass is 32.2. The van der Waals surface area contributed by atoms with Gasteiger partial charge in [-0.2, -0.15) is 0 Å². The van der Waals surface area contributed by atoms with E-state index in [1.54, 1.807) is 12.1 Å². The molecule has 34 heavy (non-hydrogen) atoms. The smallest absolute Gasteiger partial charge is 0.175 e. The highest BCUT2D eigenvalue weighted by Gasteiger charge is 2.21. The second-order valence-corrected chi connectivity index (χ2v) is 11.8. The lowest BCUT2D eigenvalue weighted by atomic mass is 9.87. The Labute approximate surface area is 205 Å². The molecular weight excluding hydrogens is 438 g/mol. The van der Waals surface area contributed by atoms with Crippen molar-refractivity contribution in [1.29, 1.82) is 0 Å². The molecule has 3 aromatic carbocycles. The molecular formula is C30H37NO2S. The zero-order valence-electron chi connectivity index (χ0n) is 20.3. The van der Waals surface area contributed by atoms with Gasteiger partial charge in [0.1, 0.15) is 0 Å². The standard InChI is InChI=1S/C30H37NO2S/c1-34(32,33)29-17-15-28(16-18-29)30(27-13-6-3-7-14-27)21-24-31-22-19-26(20-23-31)12-8-11-25-9-4-2-5-10-25/h2-7,9-10,13-18,26,30H,8,11-12,19-24H2,1H3. The van der Waals surface area contributed by atoms with Gasteiger partial charge in [-0.1, -0.05) is 79.2 Å². The first-order valence-electron chi connectivity index (χ1n) is 12.6. The summed E-state index contributed by atoms with van der Waals surface area (Å²) in [6.07, 6.45) is 8.72. The molecule has 3 nitrogen and oxygen atoms in total. The van der Waals surface area contributed by atoms with Crippen molar-refractivity contribution in [2.75, 3.05) is 25.9 Å². The van der Waals surface area contributed by atoms with Crippen LogP contribution in [0, 0.1) is 5.92 Å². The third-order valence-corrected chi connectivity index (χ3v) is 8.40. The minimum Gasteiger partial charge on any atom is -0.303 e. The quantitative estimate of drug-likeness (QED) is 0.343. The Balaban J connectivity index is 1.30. The molecule has 0 N–H and O–H groups in total. The van der Waals surface area contributed by atoms with Crippen LogP contribution in [0.1, 0.15) is 54.7 Å². The van der Waals surface area contributed by atoms with Crippen molar-refractivity contribution in [3.05, 3.63) is 102 Å². The van der Waals surface area contributed by atoms with Gasteiger partial charge in [0.25, 0.3) is 0 Å². The van der Waals surface area contributed by atoms with E-state index >= 15 is 0 Å². The Morgan fingerprint density at radius 3 is 2.03 bits per heavy atom. The van der Waals surface area contributed by atoms with Crippen LogP contribution in [0.5, 0.6) is 0 Å². The van der Waals surface area contributed by atoms with Crippen molar-refractivity contribution in [2.24, 2.45) is 5.92 Å². The SMILES string of the molecule is CS(=O)(=O)c1ccc(C(CCN2CCC(CCCc3ccccc3)CC2)c2ccccc2)cc1. The number of benzene rings is 3. The minimum absolute atomic E-state index is 0.276. The van der Waals surface area contributed by atoms with Gasteiger partial charge in [-0.3, -0.25) is 0 Å². The van der Waals surface area contributed by atoms with Crippen LogP contribution in [0.2, 0.25) is 0 Å². The molecule has 0 bridgehead atoms. The summed E-state index contributed by atoms with van der Waals surface area (Å²) in [5.74, 6) is 1.13. The van der Waals surface area contributed by atoms with Crippen molar-refractivity contribution >= 4 is 9.84 Å². The van der Waals surface area contributed by atoms with Gasteiger partial charge in [0.2, 0.25) is 0 Å². The number of nitrogens with zero attached hydrogens (tertiary/aromatic N) is 1. The van der Waals surface area contributed by atoms with E-state index in [9.17, 15) is 8.42 Å². The molecule has 1 atom stereocenters. The fourth-order valence-corrected chi connectivity index (χ4v) is 5.84. The molecule has 0 radical (unpaired) electrons.